The van der Waals surface area contributed by atoms with Crippen LogP contribution in [0, 0.1) is 5.82 Å². The maximum Gasteiger partial charge on any atom is 0.255 e. The molecule has 2 aromatic carbocycles. The first kappa shape index (κ1) is 34.3. The number of halogens is 2. The second-order valence-electron chi connectivity index (χ2n) is 13.5. The van der Waals surface area contributed by atoms with Gasteiger partial charge in [0.2, 0.25) is 5.91 Å². The number of amides is 2. The van der Waals surface area contributed by atoms with Crippen molar-refractivity contribution in [1.82, 2.24) is 30.7 Å². The van der Waals surface area contributed by atoms with Gasteiger partial charge in [0.05, 0.1) is 17.8 Å². The number of pyridine rings is 1. The number of hydrogen-bond acceptors (Lipinski definition) is 9. The molecule has 3 aliphatic heterocycles. The summed E-state index contributed by atoms with van der Waals surface area (Å²) in [5, 5.41) is 23.1. The first-order valence-corrected chi connectivity index (χ1v) is 17.5. The minimum absolute atomic E-state index is 0.0360. The number of aliphatic imine (C=N–C) groups is 1. The van der Waals surface area contributed by atoms with Crippen LogP contribution >= 0.6 is 0 Å². The van der Waals surface area contributed by atoms with Crippen LogP contribution in [0.15, 0.2) is 83.9 Å². The van der Waals surface area contributed by atoms with Gasteiger partial charge in [0.25, 0.3) is 5.91 Å². The summed E-state index contributed by atoms with van der Waals surface area (Å²) in [6.45, 7) is 3.80. The lowest BCUT2D eigenvalue weighted by molar-refractivity contribution is -0.120. The number of anilines is 2. The maximum atomic E-state index is 14.4. The Labute approximate surface area is 295 Å². The molecule has 11 nitrogen and oxygen atoms in total. The molecule has 5 N–H and O–H groups in total. The molecule has 1 saturated heterocycles. The zero-order chi connectivity index (χ0) is 35.3. The topological polar surface area (TPSA) is 134 Å². The van der Waals surface area contributed by atoms with Gasteiger partial charge in [-0.1, -0.05) is 18.2 Å². The molecule has 2 amide bonds. The molecule has 1 aromatic heterocycles. The van der Waals surface area contributed by atoms with E-state index in [9.17, 15) is 23.5 Å². The average molecular weight is 697 g/mol. The fourth-order valence-corrected chi connectivity index (χ4v) is 7.16. The number of phenols is 1. The van der Waals surface area contributed by atoms with Gasteiger partial charge >= 0.3 is 0 Å². The molecule has 7 rings (SSSR count). The monoisotopic (exact) mass is 696 g/mol. The predicted molar refractivity (Wildman–Crippen MR) is 192 cm³/mol. The Morgan fingerprint density at radius 1 is 1.02 bits per heavy atom. The van der Waals surface area contributed by atoms with E-state index in [2.05, 4.69) is 36.1 Å². The number of nitrogens with zero attached hydrogens (tertiary/aromatic N) is 4. The van der Waals surface area contributed by atoms with Gasteiger partial charge in [-0.25, -0.2) is 13.8 Å². The molecule has 51 heavy (non-hydrogen) atoms. The van der Waals surface area contributed by atoms with Gasteiger partial charge in [0.1, 0.15) is 29.0 Å². The Morgan fingerprint density at radius 3 is 2.73 bits per heavy atom. The first-order valence-electron chi connectivity index (χ1n) is 17.5. The van der Waals surface area contributed by atoms with E-state index < -0.39 is 11.7 Å². The molecule has 0 radical (unpaired) electrons. The number of rotatable bonds is 10. The number of carbonyl (C=O) groups excluding carboxylic acids is 2. The van der Waals surface area contributed by atoms with Crippen molar-refractivity contribution in [2.75, 3.05) is 38.0 Å². The fraction of sp³-hybridized carbons (Fsp3) is 0.368. The number of fused-ring (bicyclic) bond motifs is 1. The van der Waals surface area contributed by atoms with Crippen LogP contribution in [0.3, 0.4) is 0 Å². The second-order valence-corrected chi connectivity index (χ2v) is 13.5. The van der Waals surface area contributed by atoms with E-state index in [-0.39, 0.29) is 40.9 Å². The highest BCUT2D eigenvalue weighted by Crippen LogP contribution is 2.31. The standard InChI is InChI=1S/C38H42F2N8O3/c39-26-4-11-35-44-31(23-48(35)22-26)20-42-28-5-7-29(8-6-28)46-38(51)34-18-27(40)19-43-37(34)45-30-3-1-2-24(16-30)33-10-9-32(49)17-25(33)21-47-14-12-36(50)41-13-15-47/h1-4,9-11,16-19,22,28-29,31,42,49H,5-8,12-15,20-21,23H2,(H,41,50)(H,43,45)(H,46,51). The maximum absolute atomic E-state index is 14.4. The molecular weight excluding hydrogens is 654 g/mol. The number of aromatic hydroxyl groups is 1. The number of hydrogen-bond donors (Lipinski definition) is 5. The molecule has 2 fully saturated rings. The Balaban J connectivity index is 0.968. The van der Waals surface area contributed by atoms with Crippen LogP contribution in [0.4, 0.5) is 20.3 Å². The highest BCUT2D eigenvalue weighted by atomic mass is 19.1. The molecule has 0 bridgehead atoms. The van der Waals surface area contributed by atoms with E-state index in [0.29, 0.717) is 57.4 Å². The summed E-state index contributed by atoms with van der Waals surface area (Å²) in [5.74, 6) is -0.0462. The van der Waals surface area contributed by atoms with Crippen LogP contribution in [0.25, 0.3) is 11.1 Å². The smallest absolute Gasteiger partial charge is 0.255 e. The summed E-state index contributed by atoms with van der Waals surface area (Å²) >= 11 is 0. The van der Waals surface area contributed by atoms with Crippen molar-refractivity contribution >= 4 is 29.2 Å². The second kappa shape index (κ2) is 15.4. The molecule has 3 aromatic rings. The van der Waals surface area contributed by atoms with E-state index in [1.54, 1.807) is 18.2 Å². The van der Waals surface area contributed by atoms with E-state index in [0.717, 1.165) is 54.4 Å². The minimum Gasteiger partial charge on any atom is -0.508 e. The van der Waals surface area contributed by atoms with Gasteiger partial charge in [0.15, 0.2) is 0 Å². The highest BCUT2D eigenvalue weighted by Gasteiger charge is 2.28. The van der Waals surface area contributed by atoms with Crippen LogP contribution < -0.4 is 21.3 Å². The average Bonchev–Trinajstić information content (AvgIpc) is 3.41. The summed E-state index contributed by atoms with van der Waals surface area (Å²) < 4.78 is 28.0. The molecule has 1 unspecified atom stereocenters. The van der Waals surface area contributed by atoms with Crippen LogP contribution in [0.5, 0.6) is 5.75 Å². The quantitative estimate of drug-likeness (QED) is 0.205. The molecule has 0 spiro atoms. The molecule has 1 atom stereocenters. The normalized spacial score (nSPS) is 22.0. The van der Waals surface area contributed by atoms with Gasteiger partial charge in [0, 0.05) is 69.7 Å². The number of allylic oxidation sites excluding steroid dienone is 2. The van der Waals surface area contributed by atoms with Crippen LogP contribution in [0.2, 0.25) is 0 Å². The molecule has 1 aliphatic carbocycles. The molecule has 4 heterocycles. The van der Waals surface area contributed by atoms with Crippen molar-refractivity contribution in [3.8, 4) is 16.9 Å². The summed E-state index contributed by atoms with van der Waals surface area (Å²) in [5.41, 5.74) is 3.51. The molecular formula is C38H42F2N8O3. The molecule has 13 heteroatoms. The summed E-state index contributed by atoms with van der Waals surface area (Å²) in [4.78, 5) is 38.3. The third-order valence-electron chi connectivity index (χ3n) is 9.82. The Morgan fingerprint density at radius 2 is 1.86 bits per heavy atom. The summed E-state index contributed by atoms with van der Waals surface area (Å²) in [7, 11) is 0. The lowest BCUT2D eigenvalue weighted by Crippen LogP contribution is -2.44. The SMILES string of the molecule is O=C1CCN(Cc2cc(O)ccc2-c2cccc(Nc3ncc(F)cc3C(=O)NC3CCC(NCC4CN5C=C(F)C=CC5=N4)CC3)c2)CCN1. The Hall–Kier alpha value is -5.14. The number of carbonyl (C=O) groups is 2. The number of benzene rings is 2. The van der Waals surface area contributed by atoms with Crippen molar-refractivity contribution in [1.29, 1.82) is 0 Å². The minimum atomic E-state index is -0.605. The van der Waals surface area contributed by atoms with E-state index in [4.69, 9.17) is 0 Å². The van der Waals surface area contributed by atoms with E-state index >= 15 is 0 Å². The Kier molecular flexibility index (Phi) is 10.4. The van der Waals surface area contributed by atoms with Crippen molar-refractivity contribution < 1.29 is 23.5 Å². The highest BCUT2D eigenvalue weighted by molar-refractivity contribution is 5.99. The number of phenolic OH excluding ortho intramolecular Hbond substituents is 1. The van der Waals surface area contributed by atoms with Gasteiger partial charge in [-0.15, -0.1) is 0 Å². The van der Waals surface area contributed by atoms with E-state index in [1.165, 1.54) is 18.3 Å². The lowest BCUT2D eigenvalue weighted by Gasteiger charge is -2.30. The first-order chi connectivity index (χ1) is 24.8. The third-order valence-corrected chi connectivity index (χ3v) is 9.82. The molecule has 4 aliphatic rings. The third kappa shape index (κ3) is 8.61. The van der Waals surface area contributed by atoms with Crippen molar-refractivity contribution in [3.63, 3.8) is 0 Å². The fourth-order valence-electron chi connectivity index (χ4n) is 7.16. The van der Waals surface area contributed by atoms with Crippen molar-refractivity contribution in [3.05, 3.63) is 95.9 Å². The largest absolute Gasteiger partial charge is 0.508 e. The van der Waals surface area contributed by atoms with Crippen LogP contribution in [0.1, 0.15) is 48.0 Å². The Bertz CT molecular complexity index is 1870. The van der Waals surface area contributed by atoms with Gasteiger partial charge in [-0.05, 0) is 84.9 Å². The van der Waals surface area contributed by atoms with Gasteiger partial charge in [-0.2, -0.15) is 0 Å². The van der Waals surface area contributed by atoms with E-state index in [1.807, 2.05) is 35.2 Å². The zero-order valence-electron chi connectivity index (χ0n) is 28.2. The molecule has 1 saturated carbocycles. The molecule has 266 valence electrons. The van der Waals surface area contributed by atoms with Crippen LogP contribution in [-0.2, 0) is 11.3 Å². The van der Waals surface area contributed by atoms with Gasteiger partial charge < -0.3 is 31.3 Å². The predicted octanol–water partition coefficient (Wildman–Crippen LogP) is 4.75. The van der Waals surface area contributed by atoms with Crippen molar-refractivity contribution in [2.24, 2.45) is 4.99 Å². The van der Waals surface area contributed by atoms with Crippen LogP contribution in [-0.4, -0.2) is 88.4 Å². The van der Waals surface area contributed by atoms with Crippen molar-refractivity contribution in [2.45, 2.75) is 56.8 Å². The summed E-state index contributed by atoms with van der Waals surface area (Å²) in [6, 6.07) is 14.4. The number of aromatic nitrogens is 1. The lowest BCUT2D eigenvalue weighted by atomic mass is 9.91. The zero-order valence-corrected chi connectivity index (χ0v) is 28.2. The summed E-state index contributed by atoms with van der Waals surface area (Å²) in [6.07, 6.45) is 9.41. The van der Waals surface area contributed by atoms with Gasteiger partial charge in [-0.3, -0.25) is 19.5 Å². The number of nitrogens with one attached hydrogen (secondary N) is 4. The number of amidine groups is 1.